The molecule has 0 saturated heterocycles. The smallest absolute Gasteiger partial charge is 0.256 e. The topological polar surface area (TPSA) is 51.2 Å². The van der Waals surface area contributed by atoms with Crippen LogP contribution in [0.15, 0.2) is 103 Å². The van der Waals surface area contributed by atoms with Gasteiger partial charge in [0.15, 0.2) is 5.75 Å². The lowest BCUT2D eigenvalue weighted by atomic mass is 10.0. The van der Waals surface area contributed by atoms with Gasteiger partial charge in [0.25, 0.3) is 5.91 Å². The average Bonchev–Trinajstić information content (AvgIpc) is 2.80. The summed E-state index contributed by atoms with van der Waals surface area (Å²) in [5.41, 5.74) is 2.17. The number of anilines is 1. The highest BCUT2D eigenvalue weighted by Crippen LogP contribution is 2.29. The van der Waals surface area contributed by atoms with Gasteiger partial charge in [0.1, 0.15) is 11.3 Å². The molecular weight excluding hydrogens is 372 g/mol. The van der Waals surface area contributed by atoms with Gasteiger partial charge < -0.3 is 10.1 Å². The van der Waals surface area contributed by atoms with Gasteiger partial charge in [-0.3, -0.25) is 9.78 Å². The van der Waals surface area contributed by atoms with Gasteiger partial charge in [-0.1, -0.05) is 54.6 Å². The van der Waals surface area contributed by atoms with Crippen molar-refractivity contribution in [2.24, 2.45) is 0 Å². The van der Waals surface area contributed by atoms with Crippen molar-refractivity contribution in [1.82, 2.24) is 4.98 Å². The molecule has 1 heterocycles. The number of rotatable bonds is 4. The summed E-state index contributed by atoms with van der Waals surface area (Å²) in [4.78, 5) is 17.2. The Morgan fingerprint density at radius 1 is 0.733 bits per heavy atom. The van der Waals surface area contributed by atoms with Crippen LogP contribution in [-0.4, -0.2) is 10.9 Å². The second kappa shape index (κ2) is 7.68. The SMILES string of the molecule is O=C(Nc1ccc(Oc2cccc3cccnc23)cc1)c1cccc2ccccc12. The zero-order valence-electron chi connectivity index (χ0n) is 16.1. The number of amides is 1. The number of para-hydroxylation sites is 1. The second-order valence-electron chi connectivity index (χ2n) is 6.94. The minimum atomic E-state index is -0.140. The van der Waals surface area contributed by atoms with Crippen molar-refractivity contribution in [3.05, 3.63) is 109 Å². The first-order chi connectivity index (χ1) is 14.8. The largest absolute Gasteiger partial charge is 0.455 e. The summed E-state index contributed by atoms with van der Waals surface area (Å²) in [7, 11) is 0. The Balaban J connectivity index is 1.35. The molecule has 144 valence electrons. The molecule has 5 aromatic rings. The van der Waals surface area contributed by atoms with Crippen molar-refractivity contribution in [2.75, 3.05) is 5.32 Å². The first-order valence-corrected chi connectivity index (χ1v) is 9.69. The van der Waals surface area contributed by atoms with Gasteiger partial charge in [-0.05, 0) is 53.2 Å². The molecule has 4 aromatic carbocycles. The van der Waals surface area contributed by atoms with Gasteiger partial charge in [-0.2, -0.15) is 0 Å². The van der Waals surface area contributed by atoms with E-state index in [0.717, 1.165) is 21.7 Å². The maximum atomic E-state index is 12.8. The molecule has 0 unspecified atom stereocenters. The van der Waals surface area contributed by atoms with Gasteiger partial charge in [0.2, 0.25) is 0 Å². The summed E-state index contributed by atoms with van der Waals surface area (Å²) < 4.78 is 6.02. The predicted octanol–water partition coefficient (Wildman–Crippen LogP) is 6.43. The third-order valence-corrected chi connectivity index (χ3v) is 4.97. The van der Waals surface area contributed by atoms with Crippen molar-refractivity contribution >= 4 is 33.3 Å². The van der Waals surface area contributed by atoms with Crippen molar-refractivity contribution in [2.45, 2.75) is 0 Å². The first kappa shape index (κ1) is 17.9. The molecule has 4 heteroatoms. The summed E-state index contributed by atoms with van der Waals surface area (Å²) >= 11 is 0. The van der Waals surface area contributed by atoms with E-state index in [1.165, 1.54) is 0 Å². The Hall–Kier alpha value is -4.18. The average molecular weight is 390 g/mol. The molecule has 1 amide bonds. The van der Waals surface area contributed by atoms with Crippen LogP contribution in [0.2, 0.25) is 0 Å². The molecular formula is C26H18N2O2. The monoisotopic (exact) mass is 390 g/mol. The van der Waals surface area contributed by atoms with Crippen LogP contribution in [0.1, 0.15) is 10.4 Å². The highest BCUT2D eigenvalue weighted by molar-refractivity contribution is 6.12. The Kier molecular flexibility index (Phi) is 4.58. The Morgan fingerprint density at radius 3 is 2.37 bits per heavy atom. The van der Waals surface area contributed by atoms with Crippen LogP contribution in [0.25, 0.3) is 21.7 Å². The lowest BCUT2D eigenvalue weighted by Gasteiger charge is -2.10. The van der Waals surface area contributed by atoms with E-state index in [9.17, 15) is 4.79 Å². The number of benzene rings is 4. The quantitative estimate of drug-likeness (QED) is 0.384. The fraction of sp³-hybridized carbons (Fsp3) is 0. The van der Waals surface area contributed by atoms with E-state index >= 15 is 0 Å². The second-order valence-corrected chi connectivity index (χ2v) is 6.94. The van der Waals surface area contributed by atoms with Gasteiger partial charge in [0, 0.05) is 22.8 Å². The highest BCUT2D eigenvalue weighted by Gasteiger charge is 2.10. The molecule has 1 N–H and O–H groups in total. The fourth-order valence-electron chi connectivity index (χ4n) is 3.51. The summed E-state index contributed by atoms with van der Waals surface area (Å²) in [6.07, 6.45) is 1.75. The normalized spacial score (nSPS) is 10.8. The van der Waals surface area contributed by atoms with Crippen LogP contribution in [0.5, 0.6) is 11.5 Å². The molecule has 30 heavy (non-hydrogen) atoms. The number of carbonyl (C=O) groups excluding carboxylic acids is 1. The van der Waals surface area contributed by atoms with Crippen molar-refractivity contribution in [1.29, 1.82) is 0 Å². The molecule has 0 saturated carbocycles. The third kappa shape index (κ3) is 3.47. The highest BCUT2D eigenvalue weighted by atomic mass is 16.5. The number of nitrogens with zero attached hydrogens (tertiary/aromatic N) is 1. The molecule has 4 nitrogen and oxygen atoms in total. The minimum Gasteiger partial charge on any atom is -0.455 e. The van der Waals surface area contributed by atoms with Crippen molar-refractivity contribution in [3.8, 4) is 11.5 Å². The van der Waals surface area contributed by atoms with E-state index in [1.54, 1.807) is 6.20 Å². The number of hydrogen-bond donors (Lipinski definition) is 1. The number of hydrogen-bond acceptors (Lipinski definition) is 3. The molecule has 1 aromatic heterocycles. The Labute approximate surface area is 173 Å². The predicted molar refractivity (Wildman–Crippen MR) is 120 cm³/mol. The zero-order valence-corrected chi connectivity index (χ0v) is 16.1. The maximum Gasteiger partial charge on any atom is 0.256 e. The number of pyridine rings is 1. The fourth-order valence-corrected chi connectivity index (χ4v) is 3.51. The molecule has 0 radical (unpaired) electrons. The number of carbonyl (C=O) groups is 1. The van der Waals surface area contributed by atoms with Crippen molar-refractivity contribution < 1.29 is 9.53 Å². The lowest BCUT2D eigenvalue weighted by molar-refractivity contribution is 0.102. The molecule has 0 aliphatic carbocycles. The first-order valence-electron chi connectivity index (χ1n) is 9.69. The minimum absolute atomic E-state index is 0.140. The Bertz CT molecular complexity index is 1350. The number of ether oxygens (including phenoxy) is 1. The number of nitrogens with one attached hydrogen (secondary N) is 1. The zero-order chi connectivity index (χ0) is 20.3. The molecule has 5 rings (SSSR count). The summed E-state index contributed by atoms with van der Waals surface area (Å²) in [5, 5.41) is 5.96. The van der Waals surface area contributed by atoms with Crippen LogP contribution in [0.4, 0.5) is 5.69 Å². The molecule has 0 bridgehead atoms. The number of aromatic nitrogens is 1. The van der Waals surface area contributed by atoms with E-state index in [0.29, 0.717) is 22.7 Å². The molecule has 0 atom stereocenters. The van der Waals surface area contributed by atoms with E-state index in [2.05, 4.69) is 10.3 Å². The van der Waals surface area contributed by atoms with Crippen LogP contribution in [-0.2, 0) is 0 Å². The molecule has 0 aliphatic rings. The van der Waals surface area contributed by atoms with E-state index in [4.69, 9.17) is 4.74 Å². The molecule has 0 spiro atoms. The van der Waals surface area contributed by atoms with E-state index in [1.807, 2.05) is 97.1 Å². The number of fused-ring (bicyclic) bond motifs is 2. The Morgan fingerprint density at radius 2 is 1.47 bits per heavy atom. The molecule has 0 aliphatic heterocycles. The van der Waals surface area contributed by atoms with Crippen LogP contribution >= 0.6 is 0 Å². The van der Waals surface area contributed by atoms with Crippen LogP contribution in [0.3, 0.4) is 0 Å². The summed E-state index contributed by atoms with van der Waals surface area (Å²) in [5.74, 6) is 1.23. The standard InChI is InChI=1S/C26H18N2O2/c29-26(23-11-3-7-18-6-1-2-10-22(18)23)28-20-13-15-21(16-14-20)30-24-12-4-8-19-9-5-17-27-25(19)24/h1-17H,(H,28,29). The van der Waals surface area contributed by atoms with E-state index < -0.39 is 0 Å². The third-order valence-electron chi connectivity index (χ3n) is 4.97. The van der Waals surface area contributed by atoms with Crippen molar-refractivity contribution in [3.63, 3.8) is 0 Å². The lowest BCUT2D eigenvalue weighted by Crippen LogP contribution is -2.12. The maximum absolute atomic E-state index is 12.8. The summed E-state index contributed by atoms with van der Waals surface area (Å²) in [6, 6.07) is 30.7. The molecule has 0 fully saturated rings. The van der Waals surface area contributed by atoms with Gasteiger partial charge in [-0.25, -0.2) is 0 Å². The van der Waals surface area contributed by atoms with Gasteiger partial charge in [-0.15, -0.1) is 0 Å². The van der Waals surface area contributed by atoms with E-state index in [-0.39, 0.29) is 5.91 Å². The van der Waals surface area contributed by atoms with Crippen LogP contribution < -0.4 is 10.1 Å². The van der Waals surface area contributed by atoms with Gasteiger partial charge >= 0.3 is 0 Å². The summed E-state index contributed by atoms with van der Waals surface area (Å²) in [6.45, 7) is 0. The van der Waals surface area contributed by atoms with Gasteiger partial charge in [0.05, 0.1) is 0 Å². The van der Waals surface area contributed by atoms with Crippen LogP contribution in [0, 0.1) is 0 Å².